The number of aryl methyl sites for hydroxylation is 2. The molecule has 90 valence electrons. The molecular weight excluding hydrogens is 226 g/mol. The van der Waals surface area contributed by atoms with Crippen LogP contribution in [0.2, 0.25) is 0 Å². The van der Waals surface area contributed by atoms with Gasteiger partial charge in [0.25, 0.3) is 0 Å². The first-order valence-electron chi connectivity index (χ1n) is 5.81. The number of nitrogens with zero attached hydrogens (tertiary/aromatic N) is 1. The topological polar surface area (TPSA) is 35.1 Å². The molecule has 0 radical (unpaired) electrons. The highest BCUT2D eigenvalue weighted by atomic mass is 16.3. The molecule has 0 fully saturated rings. The van der Waals surface area contributed by atoms with Crippen molar-refractivity contribution in [2.75, 3.05) is 0 Å². The number of hydrogen-bond acceptors (Lipinski definition) is 2. The van der Waals surface area contributed by atoms with Crippen molar-refractivity contribution in [1.29, 1.82) is 0 Å². The Balaban J connectivity index is 2.18. The van der Waals surface area contributed by atoms with Crippen LogP contribution in [0.3, 0.4) is 0 Å². The molecule has 0 saturated heterocycles. The van der Waals surface area contributed by atoms with Gasteiger partial charge in [0.05, 0.1) is 5.56 Å². The fourth-order valence-corrected chi connectivity index (χ4v) is 2.24. The molecular formula is C15H13NO2. The quantitative estimate of drug-likeness (QED) is 0.643. The van der Waals surface area contributed by atoms with Gasteiger partial charge in [-0.05, 0) is 19.1 Å². The summed E-state index contributed by atoms with van der Waals surface area (Å²) in [6.45, 7) is 1.83. The Morgan fingerprint density at radius 1 is 1.28 bits per heavy atom. The van der Waals surface area contributed by atoms with E-state index in [1.807, 2.05) is 49.0 Å². The smallest absolute Gasteiger partial charge is 0.198 e. The molecule has 3 nitrogen and oxygen atoms in total. The summed E-state index contributed by atoms with van der Waals surface area (Å²) in [5.74, 6) is 0.752. The molecule has 2 heterocycles. The Labute approximate surface area is 105 Å². The molecule has 0 amide bonds. The van der Waals surface area contributed by atoms with Crippen molar-refractivity contribution in [3.05, 3.63) is 59.7 Å². The van der Waals surface area contributed by atoms with Crippen LogP contribution in [-0.2, 0) is 7.05 Å². The lowest BCUT2D eigenvalue weighted by molar-refractivity contribution is 0.103. The monoisotopic (exact) mass is 239 g/mol. The Kier molecular flexibility index (Phi) is 2.33. The van der Waals surface area contributed by atoms with Gasteiger partial charge in [-0.3, -0.25) is 4.79 Å². The molecule has 3 rings (SSSR count). The largest absolute Gasteiger partial charge is 0.469 e. The van der Waals surface area contributed by atoms with Crippen molar-refractivity contribution in [2.24, 2.45) is 7.05 Å². The first-order chi connectivity index (χ1) is 8.66. The third kappa shape index (κ3) is 1.56. The maximum atomic E-state index is 12.4. The van der Waals surface area contributed by atoms with Crippen LogP contribution in [0.15, 0.2) is 47.2 Å². The van der Waals surface area contributed by atoms with Crippen LogP contribution < -0.4 is 0 Å². The van der Waals surface area contributed by atoms with E-state index in [9.17, 15) is 4.79 Å². The zero-order valence-corrected chi connectivity index (χ0v) is 10.3. The second-order valence-electron chi connectivity index (χ2n) is 4.45. The van der Waals surface area contributed by atoms with Crippen molar-refractivity contribution < 1.29 is 9.21 Å². The number of aromatic nitrogens is 1. The number of ketones is 1. The summed E-state index contributed by atoms with van der Waals surface area (Å²) >= 11 is 0. The Hall–Kier alpha value is -2.29. The number of fused-ring (bicyclic) bond motifs is 1. The number of furan rings is 1. The van der Waals surface area contributed by atoms with E-state index in [-0.39, 0.29) is 5.78 Å². The first kappa shape index (κ1) is 10.8. The third-order valence-corrected chi connectivity index (χ3v) is 3.13. The average Bonchev–Trinajstić information content (AvgIpc) is 2.94. The van der Waals surface area contributed by atoms with Gasteiger partial charge in [0.1, 0.15) is 12.0 Å². The van der Waals surface area contributed by atoms with Gasteiger partial charge in [-0.2, -0.15) is 0 Å². The van der Waals surface area contributed by atoms with Gasteiger partial charge in [-0.25, -0.2) is 0 Å². The molecule has 2 aromatic heterocycles. The summed E-state index contributed by atoms with van der Waals surface area (Å²) in [6.07, 6.45) is 3.38. The van der Waals surface area contributed by atoms with E-state index in [1.165, 1.54) is 6.26 Å². The van der Waals surface area contributed by atoms with Crippen LogP contribution in [0, 0.1) is 6.92 Å². The minimum atomic E-state index is 0.00338. The molecule has 0 spiro atoms. The van der Waals surface area contributed by atoms with E-state index < -0.39 is 0 Å². The minimum absolute atomic E-state index is 0.00338. The Morgan fingerprint density at radius 3 is 2.78 bits per heavy atom. The van der Waals surface area contributed by atoms with E-state index in [0.717, 1.165) is 16.7 Å². The SMILES string of the molecule is Cc1cc(C(=O)c2cn(C)c3ccccc23)co1. The fraction of sp³-hybridized carbons (Fsp3) is 0.133. The van der Waals surface area contributed by atoms with Gasteiger partial charge in [-0.15, -0.1) is 0 Å². The second kappa shape index (κ2) is 3.88. The third-order valence-electron chi connectivity index (χ3n) is 3.13. The van der Waals surface area contributed by atoms with E-state index >= 15 is 0 Å². The number of benzene rings is 1. The van der Waals surface area contributed by atoms with E-state index in [1.54, 1.807) is 6.07 Å². The summed E-state index contributed by atoms with van der Waals surface area (Å²) in [5, 5.41) is 0.976. The van der Waals surface area contributed by atoms with Crippen molar-refractivity contribution in [3.8, 4) is 0 Å². The number of para-hydroxylation sites is 1. The standard InChI is InChI=1S/C15H13NO2/c1-10-7-11(9-18-10)15(17)13-8-16(2)14-6-4-3-5-12(13)14/h3-9H,1-2H3. The summed E-state index contributed by atoms with van der Waals surface area (Å²) in [6, 6.07) is 9.66. The molecule has 0 bridgehead atoms. The Morgan fingerprint density at radius 2 is 2.06 bits per heavy atom. The van der Waals surface area contributed by atoms with Gasteiger partial charge in [-0.1, -0.05) is 18.2 Å². The molecule has 0 unspecified atom stereocenters. The summed E-state index contributed by atoms with van der Waals surface area (Å²) in [5.41, 5.74) is 2.37. The van der Waals surface area contributed by atoms with Crippen molar-refractivity contribution in [2.45, 2.75) is 6.92 Å². The molecule has 3 aromatic rings. The maximum absolute atomic E-state index is 12.4. The zero-order valence-electron chi connectivity index (χ0n) is 10.3. The highest BCUT2D eigenvalue weighted by molar-refractivity contribution is 6.16. The Bertz CT molecular complexity index is 734. The normalized spacial score (nSPS) is 11.0. The predicted molar refractivity (Wildman–Crippen MR) is 69.8 cm³/mol. The molecule has 18 heavy (non-hydrogen) atoms. The lowest BCUT2D eigenvalue weighted by Gasteiger charge is -1.95. The minimum Gasteiger partial charge on any atom is -0.469 e. The molecule has 0 N–H and O–H groups in total. The summed E-state index contributed by atoms with van der Waals surface area (Å²) < 4.78 is 7.17. The fourth-order valence-electron chi connectivity index (χ4n) is 2.24. The molecule has 0 saturated carbocycles. The molecule has 0 aliphatic heterocycles. The lowest BCUT2D eigenvalue weighted by atomic mass is 10.1. The number of rotatable bonds is 2. The summed E-state index contributed by atoms with van der Waals surface area (Å²) in [4.78, 5) is 12.4. The highest BCUT2D eigenvalue weighted by Crippen LogP contribution is 2.23. The highest BCUT2D eigenvalue weighted by Gasteiger charge is 2.16. The van der Waals surface area contributed by atoms with E-state index in [0.29, 0.717) is 11.1 Å². The van der Waals surface area contributed by atoms with Gasteiger partial charge < -0.3 is 8.98 Å². The van der Waals surface area contributed by atoms with Crippen LogP contribution in [0.4, 0.5) is 0 Å². The second-order valence-corrected chi connectivity index (χ2v) is 4.45. The van der Waals surface area contributed by atoms with Crippen molar-refractivity contribution >= 4 is 16.7 Å². The molecule has 0 aliphatic carbocycles. The molecule has 3 heteroatoms. The van der Waals surface area contributed by atoms with Gasteiger partial charge in [0.2, 0.25) is 0 Å². The van der Waals surface area contributed by atoms with Crippen LogP contribution in [0.5, 0.6) is 0 Å². The molecule has 1 aromatic carbocycles. The average molecular weight is 239 g/mol. The van der Waals surface area contributed by atoms with Crippen molar-refractivity contribution in [1.82, 2.24) is 4.57 Å². The lowest BCUT2D eigenvalue weighted by Crippen LogP contribution is -1.98. The van der Waals surface area contributed by atoms with E-state index in [4.69, 9.17) is 4.42 Å². The van der Waals surface area contributed by atoms with Crippen LogP contribution >= 0.6 is 0 Å². The van der Waals surface area contributed by atoms with Crippen LogP contribution in [-0.4, -0.2) is 10.4 Å². The van der Waals surface area contributed by atoms with Gasteiger partial charge >= 0.3 is 0 Å². The van der Waals surface area contributed by atoms with Crippen LogP contribution in [0.25, 0.3) is 10.9 Å². The first-order valence-corrected chi connectivity index (χ1v) is 5.81. The van der Waals surface area contributed by atoms with Gasteiger partial charge in [0, 0.05) is 29.7 Å². The zero-order chi connectivity index (χ0) is 12.7. The maximum Gasteiger partial charge on any atom is 0.198 e. The predicted octanol–water partition coefficient (Wildman–Crippen LogP) is 3.31. The number of carbonyl (C=O) groups excluding carboxylic acids is 1. The molecule has 0 aliphatic rings. The number of hydrogen-bond donors (Lipinski definition) is 0. The van der Waals surface area contributed by atoms with Gasteiger partial charge in [0.15, 0.2) is 5.78 Å². The van der Waals surface area contributed by atoms with Crippen LogP contribution in [0.1, 0.15) is 21.7 Å². The summed E-state index contributed by atoms with van der Waals surface area (Å²) in [7, 11) is 1.94. The van der Waals surface area contributed by atoms with Crippen molar-refractivity contribution in [3.63, 3.8) is 0 Å². The van der Waals surface area contributed by atoms with E-state index in [2.05, 4.69) is 0 Å². The molecule has 0 atom stereocenters. The number of carbonyl (C=O) groups is 1.